The third kappa shape index (κ3) is 2.94. The highest BCUT2D eigenvalue weighted by atomic mass is 32.2. The van der Waals surface area contributed by atoms with Crippen LogP contribution in [0.4, 0.5) is 11.4 Å². The van der Waals surface area contributed by atoms with E-state index in [0.29, 0.717) is 22.9 Å². The first-order valence-corrected chi connectivity index (χ1v) is 8.20. The van der Waals surface area contributed by atoms with Crippen molar-refractivity contribution in [3.8, 4) is 11.5 Å². The van der Waals surface area contributed by atoms with Gasteiger partial charge in [0.05, 0.1) is 25.7 Å². The second kappa shape index (κ2) is 6.42. The van der Waals surface area contributed by atoms with Gasteiger partial charge >= 0.3 is 0 Å². The Balaban J connectivity index is 2.01. The summed E-state index contributed by atoms with van der Waals surface area (Å²) in [6, 6.07) is 13.1. The van der Waals surface area contributed by atoms with E-state index in [1.54, 1.807) is 36.9 Å². The van der Waals surface area contributed by atoms with Crippen LogP contribution in [0, 0.1) is 0 Å². The smallest absolute Gasteiger partial charge is 0.238 e. The monoisotopic (exact) mass is 330 g/mol. The SMILES string of the molecule is COc1ccc(N2C(=O)CSC2c2ccc(N)cc2)c(OC)c1. The van der Waals surface area contributed by atoms with Gasteiger partial charge in [-0.25, -0.2) is 0 Å². The number of nitrogens with zero attached hydrogens (tertiary/aromatic N) is 1. The highest BCUT2D eigenvalue weighted by molar-refractivity contribution is 8.00. The van der Waals surface area contributed by atoms with Gasteiger partial charge in [-0.15, -0.1) is 11.8 Å². The maximum atomic E-state index is 12.4. The summed E-state index contributed by atoms with van der Waals surface area (Å²) in [6.07, 6.45) is 0. The molecule has 3 rings (SSSR count). The molecule has 0 spiro atoms. The lowest BCUT2D eigenvalue weighted by Gasteiger charge is -2.26. The van der Waals surface area contributed by atoms with Gasteiger partial charge in [0, 0.05) is 11.8 Å². The van der Waals surface area contributed by atoms with E-state index in [4.69, 9.17) is 15.2 Å². The molecule has 0 saturated carbocycles. The van der Waals surface area contributed by atoms with Crippen molar-refractivity contribution in [2.75, 3.05) is 30.6 Å². The van der Waals surface area contributed by atoms with Gasteiger partial charge in [-0.3, -0.25) is 9.69 Å². The fraction of sp³-hybridized carbons (Fsp3) is 0.235. The summed E-state index contributed by atoms with van der Waals surface area (Å²) in [5.41, 5.74) is 8.24. The van der Waals surface area contributed by atoms with Crippen LogP contribution in [0.3, 0.4) is 0 Å². The number of carbonyl (C=O) groups excluding carboxylic acids is 1. The van der Waals surface area contributed by atoms with Crippen molar-refractivity contribution in [1.29, 1.82) is 0 Å². The first-order chi connectivity index (χ1) is 11.1. The van der Waals surface area contributed by atoms with Gasteiger partial charge in [0.1, 0.15) is 16.9 Å². The quantitative estimate of drug-likeness (QED) is 0.873. The first-order valence-electron chi connectivity index (χ1n) is 7.15. The second-order valence-corrected chi connectivity index (χ2v) is 6.20. The highest BCUT2D eigenvalue weighted by Gasteiger charge is 2.35. The summed E-state index contributed by atoms with van der Waals surface area (Å²) in [5, 5.41) is -0.0922. The molecule has 0 aliphatic carbocycles. The van der Waals surface area contributed by atoms with Gasteiger partial charge in [-0.1, -0.05) is 12.1 Å². The van der Waals surface area contributed by atoms with Crippen LogP contribution in [0.5, 0.6) is 11.5 Å². The largest absolute Gasteiger partial charge is 0.497 e. The second-order valence-electron chi connectivity index (χ2n) is 5.13. The molecular weight excluding hydrogens is 312 g/mol. The number of nitrogen functional groups attached to an aromatic ring is 1. The van der Waals surface area contributed by atoms with Crippen LogP contribution < -0.4 is 20.1 Å². The molecule has 2 aromatic rings. The van der Waals surface area contributed by atoms with Crippen LogP contribution >= 0.6 is 11.8 Å². The maximum absolute atomic E-state index is 12.4. The molecule has 6 heteroatoms. The van der Waals surface area contributed by atoms with E-state index in [9.17, 15) is 4.79 Å². The number of thioether (sulfide) groups is 1. The van der Waals surface area contributed by atoms with Gasteiger partial charge in [-0.05, 0) is 29.8 Å². The average Bonchev–Trinajstić information content (AvgIpc) is 2.96. The molecule has 1 unspecified atom stereocenters. The molecule has 0 bridgehead atoms. The van der Waals surface area contributed by atoms with Gasteiger partial charge < -0.3 is 15.2 Å². The molecule has 2 N–H and O–H groups in total. The van der Waals surface area contributed by atoms with Crippen molar-refractivity contribution < 1.29 is 14.3 Å². The molecular formula is C17H18N2O3S. The maximum Gasteiger partial charge on any atom is 0.238 e. The van der Waals surface area contributed by atoms with Crippen molar-refractivity contribution in [2.45, 2.75) is 5.37 Å². The zero-order valence-corrected chi connectivity index (χ0v) is 13.8. The summed E-state index contributed by atoms with van der Waals surface area (Å²) in [4.78, 5) is 14.2. The Bertz CT molecular complexity index is 718. The number of hydrogen-bond acceptors (Lipinski definition) is 5. The normalized spacial score (nSPS) is 17.4. The number of amides is 1. The Kier molecular flexibility index (Phi) is 4.34. The Labute approximate surface area is 139 Å². The predicted octanol–water partition coefficient (Wildman–Crippen LogP) is 3.06. The molecule has 1 heterocycles. The number of ether oxygens (including phenoxy) is 2. The zero-order valence-electron chi connectivity index (χ0n) is 13.0. The minimum atomic E-state index is -0.0922. The van der Waals surface area contributed by atoms with E-state index in [0.717, 1.165) is 11.3 Å². The lowest BCUT2D eigenvalue weighted by molar-refractivity contribution is -0.115. The van der Waals surface area contributed by atoms with Crippen LogP contribution in [-0.4, -0.2) is 25.9 Å². The van der Waals surface area contributed by atoms with Crippen LogP contribution in [0.15, 0.2) is 42.5 Å². The summed E-state index contributed by atoms with van der Waals surface area (Å²) < 4.78 is 10.7. The van der Waals surface area contributed by atoms with Crippen LogP contribution in [-0.2, 0) is 4.79 Å². The van der Waals surface area contributed by atoms with Gasteiger partial charge in [-0.2, -0.15) is 0 Å². The van der Waals surface area contributed by atoms with Crippen molar-refractivity contribution in [3.63, 3.8) is 0 Å². The number of methoxy groups -OCH3 is 2. The van der Waals surface area contributed by atoms with Crippen molar-refractivity contribution in [1.82, 2.24) is 0 Å². The van der Waals surface area contributed by atoms with Crippen LogP contribution in [0.25, 0.3) is 0 Å². The molecule has 1 amide bonds. The highest BCUT2D eigenvalue weighted by Crippen LogP contribution is 2.45. The van der Waals surface area contributed by atoms with Crippen molar-refractivity contribution >= 4 is 29.0 Å². The fourth-order valence-electron chi connectivity index (χ4n) is 2.58. The van der Waals surface area contributed by atoms with Crippen molar-refractivity contribution in [3.05, 3.63) is 48.0 Å². The predicted molar refractivity (Wildman–Crippen MR) is 93.1 cm³/mol. The van der Waals surface area contributed by atoms with Gasteiger partial charge in [0.2, 0.25) is 5.91 Å². The molecule has 0 aromatic heterocycles. The third-order valence-corrected chi connectivity index (χ3v) is 4.95. The Morgan fingerprint density at radius 1 is 1.13 bits per heavy atom. The molecule has 1 atom stereocenters. The summed E-state index contributed by atoms with van der Waals surface area (Å²) >= 11 is 1.59. The van der Waals surface area contributed by atoms with Gasteiger partial charge in [0.25, 0.3) is 0 Å². The molecule has 2 aromatic carbocycles. The molecule has 23 heavy (non-hydrogen) atoms. The standard InChI is InChI=1S/C17H18N2O3S/c1-21-13-7-8-14(15(9-13)22-2)19-16(20)10-23-17(19)11-3-5-12(18)6-4-11/h3-9,17H,10,18H2,1-2H3. The Morgan fingerprint density at radius 2 is 1.87 bits per heavy atom. The molecule has 1 saturated heterocycles. The van der Waals surface area contributed by atoms with Crippen LogP contribution in [0.2, 0.25) is 0 Å². The molecule has 1 aliphatic rings. The number of hydrogen-bond donors (Lipinski definition) is 1. The minimum Gasteiger partial charge on any atom is -0.497 e. The number of carbonyl (C=O) groups is 1. The van der Waals surface area contributed by atoms with E-state index < -0.39 is 0 Å². The first kappa shape index (κ1) is 15.6. The molecule has 1 aliphatic heterocycles. The van der Waals surface area contributed by atoms with E-state index in [1.807, 2.05) is 36.4 Å². The van der Waals surface area contributed by atoms with E-state index in [2.05, 4.69) is 0 Å². The van der Waals surface area contributed by atoms with Gasteiger partial charge in [0.15, 0.2) is 0 Å². The average molecular weight is 330 g/mol. The van der Waals surface area contributed by atoms with E-state index in [-0.39, 0.29) is 11.3 Å². The summed E-state index contributed by atoms with van der Waals surface area (Å²) in [6.45, 7) is 0. The minimum absolute atomic E-state index is 0.0558. The lowest BCUT2D eigenvalue weighted by Crippen LogP contribution is -2.28. The fourth-order valence-corrected chi connectivity index (χ4v) is 3.74. The lowest BCUT2D eigenvalue weighted by atomic mass is 10.1. The third-order valence-electron chi connectivity index (χ3n) is 3.74. The molecule has 0 radical (unpaired) electrons. The molecule has 1 fully saturated rings. The summed E-state index contributed by atoms with van der Waals surface area (Å²) in [5.74, 6) is 1.79. The Hall–Kier alpha value is -2.34. The number of benzene rings is 2. The van der Waals surface area contributed by atoms with Crippen molar-refractivity contribution in [2.24, 2.45) is 0 Å². The van der Waals surface area contributed by atoms with Crippen LogP contribution in [0.1, 0.15) is 10.9 Å². The topological polar surface area (TPSA) is 64.8 Å². The molecule has 120 valence electrons. The zero-order chi connectivity index (χ0) is 16.4. The number of nitrogens with two attached hydrogens (primary N) is 1. The Morgan fingerprint density at radius 3 is 2.52 bits per heavy atom. The number of anilines is 2. The number of rotatable bonds is 4. The summed E-state index contributed by atoms with van der Waals surface area (Å²) in [7, 11) is 3.19. The van der Waals surface area contributed by atoms with E-state index >= 15 is 0 Å². The van der Waals surface area contributed by atoms with E-state index in [1.165, 1.54) is 0 Å². The molecule has 5 nitrogen and oxygen atoms in total.